The fourth-order valence-electron chi connectivity index (χ4n) is 2.44. The smallest absolute Gasteiger partial charge is 0.352 e. The number of hydrogen-bond acceptors (Lipinski definition) is 3. The third kappa shape index (κ3) is 2.33. The molecular formula is C16H14N2O3. The minimum Gasteiger partial charge on any atom is -0.496 e. The van der Waals surface area contributed by atoms with Crippen LogP contribution in [0.1, 0.15) is 16.2 Å². The molecule has 2 heterocycles. The van der Waals surface area contributed by atoms with Crippen LogP contribution in [0.3, 0.4) is 0 Å². The quantitative estimate of drug-likeness (QED) is 0.799. The number of ether oxygens (including phenoxy) is 1. The monoisotopic (exact) mass is 282 g/mol. The Labute approximate surface area is 121 Å². The van der Waals surface area contributed by atoms with Gasteiger partial charge in [-0.15, -0.1) is 0 Å². The van der Waals surface area contributed by atoms with Crippen molar-refractivity contribution in [1.82, 2.24) is 9.55 Å². The first-order chi connectivity index (χ1) is 10.2. The molecule has 0 unspecified atom stereocenters. The van der Waals surface area contributed by atoms with Crippen molar-refractivity contribution in [2.75, 3.05) is 7.11 Å². The van der Waals surface area contributed by atoms with Crippen LogP contribution >= 0.6 is 0 Å². The molecule has 21 heavy (non-hydrogen) atoms. The molecule has 5 heteroatoms. The maximum atomic E-state index is 11.5. The Morgan fingerprint density at radius 3 is 2.81 bits per heavy atom. The van der Waals surface area contributed by atoms with Gasteiger partial charge in [-0.05, 0) is 30.3 Å². The van der Waals surface area contributed by atoms with Crippen molar-refractivity contribution < 1.29 is 14.6 Å². The molecule has 5 nitrogen and oxygen atoms in total. The zero-order valence-electron chi connectivity index (χ0n) is 11.5. The van der Waals surface area contributed by atoms with Gasteiger partial charge in [-0.25, -0.2) is 4.79 Å². The van der Waals surface area contributed by atoms with Crippen molar-refractivity contribution in [2.45, 2.75) is 6.54 Å². The molecule has 1 N–H and O–H groups in total. The lowest BCUT2D eigenvalue weighted by molar-refractivity contribution is 0.0686. The van der Waals surface area contributed by atoms with Crippen LogP contribution in [-0.4, -0.2) is 27.7 Å². The van der Waals surface area contributed by atoms with Crippen LogP contribution in [-0.2, 0) is 6.54 Å². The molecule has 0 bridgehead atoms. The second kappa shape index (κ2) is 5.28. The van der Waals surface area contributed by atoms with Gasteiger partial charge in [-0.3, -0.25) is 4.98 Å². The van der Waals surface area contributed by atoms with E-state index in [0.29, 0.717) is 12.3 Å². The Bertz CT molecular complexity index is 794. The highest BCUT2D eigenvalue weighted by Crippen LogP contribution is 2.29. The zero-order chi connectivity index (χ0) is 14.8. The summed E-state index contributed by atoms with van der Waals surface area (Å²) in [5.74, 6) is -0.307. The van der Waals surface area contributed by atoms with Gasteiger partial charge in [0.2, 0.25) is 0 Å². The SMILES string of the molecule is COc1cccc2c1cc(C(=O)O)n2Cc1ccccn1. The summed E-state index contributed by atoms with van der Waals surface area (Å²) in [4.78, 5) is 15.8. The van der Waals surface area contributed by atoms with Gasteiger partial charge in [-0.2, -0.15) is 0 Å². The summed E-state index contributed by atoms with van der Waals surface area (Å²) in [5, 5.41) is 10.2. The predicted molar refractivity (Wildman–Crippen MR) is 78.8 cm³/mol. The van der Waals surface area contributed by atoms with Crippen molar-refractivity contribution >= 4 is 16.9 Å². The number of rotatable bonds is 4. The summed E-state index contributed by atoms with van der Waals surface area (Å²) in [6.45, 7) is 0.402. The van der Waals surface area contributed by atoms with Gasteiger partial charge in [0.1, 0.15) is 11.4 Å². The van der Waals surface area contributed by atoms with E-state index in [4.69, 9.17) is 4.74 Å². The maximum absolute atomic E-state index is 11.5. The molecule has 0 aliphatic heterocycles. The van der Waals surface area contributed by atoms with Crippen molar-refractivity contribution in [2.24, 2.45) is 0 Å². The number of aromatic nitrogens is 2. The van der Waals surface area contributed by atoms with Gasteiger partial charge in [0, 0.05) is 11.6 Å². The predicted octanol–water partition coefficient (Wildman–Crippen LogP) is 2.79. The molecule has 0 fully saturated rings. The van der Waals surface area contributed by atoms with Crippen LogP contribution in [0.15, 0.2) is 48.7 Å². The van der Waals surface area contributed by atoms with E-state index in [1.807, 2.05) is 36.4 Å². The molecule has 0 aliphatic carbocycles. The highest BCUT2D eigenvalue weighted by atomic mass is 16.5. The normalized spacial score (nSPS) is 10.7. The lowest BCUT2D eigenvalue weighted by atomic mass is 10.2. The van der Waals surface area contributed by atoms with E-state index < -0.39 is 5.97 Å². The highest BCUT2D eigenvalue weighted by molar-refractivity contribution is 5.97. The van der Waals surface area contributed by atoms with E-state index in [2.05, 4.69) is 4.98 Å². The Balaban J connectivity index is 2.19. The maximum Gasteiger partial charge on any atom is 0.352 e. The summed E-state index contributed by atoms with van der Waals surface area (Å²) < 4.78 is 7.04. The van der Waals surface area contributed by atoms with Crippen LogP contribution in [0.25, 0.3) is 10.9 Å². The first-order valence-electron chi connectivity index (χ1n) is 6.50. The van der Waals surface area contributed by atoms with E-state index in [1.54, 1.807) is 23.9 Å². The molecule has 0 saturated carbocycles. The van der Waals surface area contributed by atoms with E-state index >= 15 is 0 Å². The number of hydrogen-bond donors (Lipinski definition) is 1. The second-order valence-electron chi connectivity index (χ2n) is 4.64. The van der Waals surface area contributed by atoms with Crippen LogP contribution in [0.4, 0.5) is 0 Å². The Kier molecular flexibility index (Phi) is 3.31. The molecule has 0 amide bonds. The number of carboxylic acids is 1. The van der Waals surface area contributed by atoms with Gasteiger partial charge >= 0.3 is 5.97 Å². The zero-order valence-corrected chi connectivity index (χ0v) is 11.5. The van der Waals surface area contributed by atoms with Crippen molar-refractivity contribution in [3.8, 4) is 5.75 Å². The average Bonchev–Trinajstić information content (AvgIpc) is 2.87. The largest absolute Gasteiger partial charge is 0.496 e. The highest BCUT2D eigenvalue weighted by Gasteiger charge is 2.17. The summed E-state index contributed by atoms with van der Waals surface area (Å²) in [5.41, 5.74) is 1.85. The number of carboxylic acid groups (broad SMARTS) is 1. The summed E-state index contributed by atoms with van der Waals surface area (Å²) in [7, 11) is 1.57. The number of methoxy groups -OCH3 is 1. The summed E-state index contributed by atoms with van der Waals surface area (Å²) in [6, 6.07) is 12.8. The molecule has 0 saturated heterocycles. The topological polar surface area (TPSA) is 64.3 Å². The molecule has 0 atom stereocenters. The van der Waals surface area contributed by atoms with Crippen molar-refractivity contribution in [3.05, 3.63) is 60.0 Å². The third-order valence-corrected chi connectivity index (χ3v) is 3.39. The Morgan fingerprint density at radius 2 is 2.14 bits per heavy atom. The van der Waals surface area contributed by atoms with Crippen LogP contribution in [0, 0.1) is 0 Å². The standard InChI is InChI=1S/C16H14N2O3/c1-21-15-7-4-6-13-12(15)9-14(16(19)20)18(13)10-11-5-2-3-8-17-11/h2-9H,10H2,1H3,(H,19,20). The lowest BCUT2D eigenvalue weighted by Gasteiger charge is -2.08. The molecular weight excluding hydrogens is 268 g/mol. The first kappa shape index (κ1) is 13.2. The van der Waals surface area contributed by atoms with E-state index in [0.717, 1.165) is 16.6 Å². The molecule has 0 spiro atoms. The number of carbonyl (C=O) groups is 1. The minimum atomic E-state index is -0.968. The van der Waals surface area contributed by atoms with Crippen LogP contribution in [0.5, 0.6) is 5.75 Å². The van der Waals surface area contributed by atoms with Crippen LogP contribution < -0.4 is 4.74 Å². The minimum absolute atomic E-state index is 0.222. The molecule has 1 aromatic carbocycles. The van der Waals surface area contributed by atoms with E-state index in [-0.39, 0.29) is 5.69 Å². The van der Waals surface area contributed by atoms with Gasteiger partial charge in [0.15, 0.2) is 0 Å². The fraction of sp³-hybridized carbons (Fsp3) is 0.125. The molecule has 3 rings (SSSR count). The van der Waals surface area contributed by atoms with Gasteiger partial charge < -0.3 is 14.4 Å². The van der Waals surface area contributed by atoms with E-state index in [1.165, 1.54) is 0 Å². The average molecular weight is 282 g/mol. The summed E-state index contributed by atoms with van der Waals surface area (Å²) in [6.07, 6.45) is 1.70. The number of benzene rings is 1. The molecule has 0 aliphatic rings. The van der Waals surface area contributed by atoms with Gasteiger partial charge in [0.25, 0.3) is 0 Å². The summed E-state index contributed by atoms with van der Waals surface area (Å²) >= 11 is 0. The molecule has 0 radical (unpaired) electrons. The second-order valence-corrected chi connectivity index (χ2v) is 4.64. The molecule has 3 aromatic rings. The van der Waals surface area contributed by atoms with E-state index in [9.17, 15) is 9.90 Å². The Hall–Kier alpha value is -2.82. The number of nitrogens with zero attached hydrogens (tertiary/aromatic N) is 2. The molecule has 106 valence electrons. The van der Waals surface area contributed by atoms with Gasteiger partial charge in [0.05, 0.1) is 24.9 Å². The van der Waals surface area contributed by atoms with Crippen molar-refractivity contribution in [3.63, 3.8) is 0 Å². The fourth-order valence-corrected chi connectivity index (χ4v) is 2.44. The molecule has 2 aromatic heterocycles. The van der Waals surface area contributed by atoms with Crippen molar-refractivity contribution in [1.29, 1.82) is 0 Å². The lowest BCUT2D eigenvalue weighted by Crippen LogP contribution is -2.10. The number of fused-ring (bicyclic) bond motifs is 1. The van der Waals surface area contributed by atoms with Crippen LogP contribution in [0.2, 0.25) is 0 Å². The third-order valence-electron chi connectivity index (χ3n) is 3.39. The van der Waals surface area contributed by atoms with Gasteiger partial charge in [-0.1, -0.05) is 12.1 Å². The number of aromatic carboxylic acids is 1. The first-order valence-corrected chi connectivity index (χ1v) is 6.50. The number of pyridine rings is 1. The Morgan fingerprint density at radius 1 is 1.29 bits per heavy atom.